The Kier molecular flexibility index (Phi) is 3.42. The van der Waals surface area contributed by atoms with Gasteiger partial charge in [-0.05, 0) is 30.7 Å². The summed E-state index contributed by atoms with van der Waals surface area (Å²) >= 11 is 1.55. The molecule has 0 saturated carbocycles. The van der Waals surface area contributed by atoms with E-state index in [4.69, 9.17) is 4.74 Å². The van der Waals surface area contributed by atoms with Crippen molar-refractivity contribution < 1.29 is 9.84 Å². The van der Waals surface area contributed by atoms with Gasteiger partial charge in [0, 0.05) is 5.56 Å². The van der Waals surface area contributed by atoms with Gasteiger partial charge >= 0.3 is 0 Å². The number of hydrogen-bond donors (Lipinski definition) is 1. The summed E-state index contributed by atoms with van der Waals surface area (Å²) in [6.07, 6.45) is 0.872. The topological polar surface area (TPSA) is 59.7 Å². The zero-order valence-corrected chi connectivity index (χ0v) is 12.1. The summed E-state index contributed by atoms with van der Waals surface area (Å²) in [7, 11) is 1.64. The van der Waals surface area contributed by atoms with Gasteiger partial charge in [0.25, 0.3) is 0 Å². The molecule has 0 aliphatic heterocycles. The maximum Gasteiger partial charge on any atom is 0.213 e. The minimum atomic E-state index is -0.0879. The molecular weight excluding hydrogens is 274 g/mol. The minimum absolute atomic E-state index is 0.0879. The molecule has 0 amide bonds. The Morgan fingerprint density at radius 3 is 2.65 bits per heavy atom. The number of nitrogens with zero attached hydrogens (tertiary/aromatic N) is 3. The molecule has 0 spiro atoms. The van der Waals surface area contributed by atoms with Crippen molar-refractivity contribution in [3.8, 4) is 17.0 Å². The van der Waals surface area contributed by atoms with Gasteiger partial charge in [-0.15, -0.1) is 0 Å². The number of aliphatic hydroxyl groups is 1. The number of methoxy groups -OCH3 is 1. The maximum absolute atomic E-state index is 9.63. The molecule has 0 saturated heterocycles. The van der Waals surface area contributed by atoms with Gasteiger partial charge in [0.1, 0.15) is 10.8 Å². The Bertz CT molecular complexity index is 731. The number of aryl methyl sites for hydroxylation is 1. The molecule has 5 nitrogen and oxygen atoms in total. The standard InChI is InChI=1S/C14H15N3O2S/c1-3-12-16-17-11(8-18)13(15-14(17)20-12)9-4-6-10(19-2)7-5-9/h4-7,18H,3,8H2,1-2H3. The number of hydrogen-bond acceptors (Lipinski definition) is 5. The number of fused-ring (bicyclic) bond motifs is 1. The van der Waals surface area contributed by atoms with Gasteiger partial charge in [-0.2, -0.15) is 5.10 Å². The molecule has 0 unspecified atom stereocenters. The van der Waals surface area contributed by atoms with E-state index in [2.05, 4.69) is 17.0 Å². The molecule has 2 heterocycles. The van der Waals surface area contributed by atoms with Crippen molar-refractivity contribution in [2.45, 2.75) is 20.0 Å². The summed E-state index contributed by atoms with van der Waals surface area (Å²) < 4.78 is 6.89. The molecule has 0 bridgehead atoms. The predicted octanol–water partition coefficient (Wildman–Crippen LogP) is 2.52. The van der Waals surface area contributed by atoms with E-state index < -0.39 is 0 Å². The van der Waals surface area contributed by atoms with E-state index in [1.165, 1.54) is 0 Å². The molecule has 6 heteroatoms. The van der Waals surface area contributed by atoms with Crippen LogP contribution in [0.25, 0.3) is 16.2 Å². The molecule has 0 atom stereocenters. The molecule has 3 rings (SSSR count). The average Bonchev–Trinajstić information content (AvgIpc) is 3.04. The quantitative estimate of drug-likeness (QED) is 0.801. The van der Waals surface area contributed by atoms with Crippen LogP contribution >= 0.6 is 11.3 Å². The fraction of sp³-hybridized carbons (Fsp3) is 0.286. The Balaban J connectivity index is 2.11. The van der Waals surface area contributed by atoms with Crippen LogP contribution in [0.3, 0.4) is 0 Å². The SMILES string of the molecule is CCc1nn2c(CO)c(-c3ccc(OC)cc3)nc2s1. The van der Waals surface area contributed by atoms with Crippen molar-refractivity contribution >= 4 is 16.3 Å². The molecular formula is C14H15N3O2S. The minimum Gasteiger partial charge on any atom is -0.497 e. The molecule has 0 radical (unpaired) electrons. The summed E-state index contributed by atoms with van der Waals surface area (Å²) in [6.45, 7) is 1.97. The highest BCUT2D eigenvalue weighted by molar-refractivity contribution is 7.16. The van der Waals surface area contributed by atoms with Crippen molar-refractivity contribution in [2.24, 2.45) is 0 Å². The second-order valence-electron chi connectivity index (χ2n) is 4.34. The van der Waals surface area contributed by atoms with Gasteiger partial charge in [0.05, 0.1) is 25.1 Å². The van der Waals surface area contributed by atoms with Crippen LogP contribution in [0.1, 0.15) is 17.6 Å². The summed E-state index contributed by atoms with van der Waals surface area (Å²) in [6, 6.07) is 7.64. The number of ether oxygens (including phenoxy) is 1. The summed E-state index contributed by atoms with van der Waals surface area (Å²) in [5.74, 6) is 0.798. The second kappa shape index (κ2) is 5.22. The predicted molar refractivity (Wildman–Crippen MR) is 78.2 cm³/mol. The van der Waals surface area contributed by atoms with Crippen LogP contribution in [0.2, 0.25) is 0 Å². The lowest BCUT2D eigenvalue weighted by Crippen LogP contribution is -1.96. The maximum atomic E-state index is 9.63. The monoisotopic (exact) mass is 289 g/mol. The van der Waals surface area contributed by atoms with Gasteiger partial charge in [0.2, 0.25) is 4.96 Å². The van der Waals surface area contributed by atoms with E-state index in [1.807, 2.05) is 24.3 Å². The molecule has 1 N–H and O–H groups in total. The third-order valence-electron chi connectivity index (χ3n) is 3.15. The molecule has 104 valence electrons. The fourth-order valence-corrected chi connectivity index (χ4v) is 2.95. The summed E-state index contributed by atoms with van der Waals surface area (Å²) in [5, 5.41) is 15.1. The van der Waals surface area contributed by atoms with Gasteiger partial charge in [-0.3, -0.25) is 0 Å². The molecule has 3 aromatic rings. The van der Waals surface area contributed by atoms with Crippen molar-refractivity contribution in [3.63, 3.8) is 0 Å². The van der Waals surface area contributed by atoms with Crippen LogP contribution in [0.5, 0.6) is 5.75 Å². The number of benzene rings is 1. The van der Waals surface area contributed by atoms with E-state index >= 15 is 0 Å². The van der Waals surface area contributed by atoms with Gasteiger partial charge in [-0.1, -0.05) is 18.3 Å². The van der Waals surface area contributed by atoms with Gasteiger partial charge in [-0.25, -0.2) is 9.50 Å². The van der Waals surface area contributed by atoms with Crippen molar-refractivity contribution in [3.05, 3.63) is 35.0 Å². The van der Waals surface area contributed by atoms with Crippen molar-refractivity contribution in [1.29, 1.82) is 0 Å². The second-order valence-corrected chi connectivity index (χ2v) is 5.38. The molecule has 0 fully saturated rings. The average molecular weight is 289 g/mol. The smallest absolute Gasteiger partial charge is 0.213 e. The Morgan fingerprint density at radius 1 is 1.30 bits per heavy atom. The van der Waals surface area contributed by atoms with E-state index in [9.17, 15) is 5.11 Å². The first-order chi connectivity index (χ1) is 9.76. The van der Waals surface area contributed by atoms with Crippen LogP contribution in [-0.4, -0.2) is 26.8 Å². The lowest BCUT2D eigenvalue weighted by atomic mass is 10.1. The number of aliphatic hydroxyl groups excluding tert-OH is 1. The van der Waals surface area contributed by atoms with E-state index in [0.29, 0.717) is 0 Å². The molecule has 2 aromatic heterocycles. The Morgan fingerprint density at radius 2 is 2.05 bits per heavy atom. The third kappa shape index (κ3) is 2.07. The first-order valence-corrected chi connectivity index (χ1v) is 7.21. The fourth-order valence-electron chi connectivity index (χ4n) is 2.09. The first-order valence-electron chi connectivity index (χ1n) is 6.39. The lowest BCUT2D eigenvalue weighted by Gasteiger charge is -2.03. The van der Waals surface area contributed by atoms with Crippen molar-refractivity contribution in [1.82, 2.24) is 14.6 Å². The van der Waals surface area contributed by atoms with E-state index in [0.717, 1.165) is 39.1 Å². The zero-order chi connectivity index (χ0) is 14.1. The highest BCUT2D eigenvalue weighted by Crippen LogP contribution is 2.28. The Hall–Kier alpha value is -1.92. The van der Waals surface area contributed by atoms with Crippen LogP contribution in [0.15, 0.2) is 24.3 Å². The third-order valence-corrected chi connectivity index (χ3v) is 4.21. The summed E-state index contributed by atoms with van der Waals surface area (Å²) in [4.78, 5) is 5.41. The number of rotatable bonds is 4. The zero-order valence-electron chi connectivity index (χ0n) is 11.3. The normalized spacial score (nSPS) is 11.2. The highest BCUT2D eigenvalue weighted by atomic mass is 32.1. The molecule has 0 aliphatic rings. The van der Waals surface area contributed by atoms with E-state index in [1.54, 1.807) is 23.0 Å². The first kappa shape index (κ1) is 13.1. The van der Waals surface area contributed by atoms with Crippen LogP contribution < -0.4 is 4.74 Å². The van der Waals surface area contributed by atoms with E-state index in [-0.39, 0.29) is 6.61 Å². The van der Waals surface area contributed by atoms with Crippen LogP contribution in [0.4, 0.5) is 0 Å². The van der Waals surface area contributed by atoms with Crippen molar-refractivity contribution in [2.75, 3.05) is 7.11 Å². The van der Waals surface area contributed by atoms with Crippen LogP contribution in [-0.2, 0) is 13.0 Å². The highest BCUT2D eigenvalue weighted by Gasteiger charge is 2.16. The molecule has 1 aromatic carbocycles. The molecule has 0 aliphatic carbocycles. The molecule has 20 heavy (non-hydrogen) atoms. The Labute approximate surface area is 120 Å². The van der Waals surface area contributed by atoms with Gasteiger partial charge < -0.3 is 9.84 Å². The largest absolute Gasteiger partial charge is 0.497 e. The summed E-state index contributed by atoms with van der Waals surface area (Å²) in [5.41, 5.74) is 2.45. The van der Waals surface area contributed by atoms with Crippen LogP contribution in [0, 0.1) is 0 Å². The van der Waals surface area contributed by atoms with Gasteiger partial charge in [0.15, 0.2) is 0 Å². The lowest BCUT2D eigenvalue weighted by molar-refractivity contribution is 0.275. The number of aromatic nitrogens is 3. The number of imidazole rings is 1.